The highest BCUT2D eigenvalue weighted by Gasteiger charge is 2.11. The van der Waals surface area contributed by atoms with Gasteiger partial charge in [0.25, 0.3) is 0 Å². The lowest BCUT2D eigenvalue weighted by Gasteiger charge is -2.28. The molecule has 0 bridgehead atoms. The lowest BCUT2D eigenvalue weighted by Crippen LogP contribution is -2.36. The van der Waals surface area contributed by atoms with E-state index >= 15 is 0 Å². The molecular weight excluding hydrogens is 364 g/mol. The summed E-state index contributed by atoms with van der Waals surface area (Å²) in [6, 6.07) is 15.1. The summed E-state index contributed by atoms with van der Waals surface area (Å²) in [5, 5.41) is 4.41. The Kier molecular flexibility index (Phi) is 5.14. The number of furan rings is 1. The van der Waals surface area contributed by atoms with E-state index in [1.807, 2.05) is 42.5 Å². The molecule has 4 rings (SSSR count). The molecule has 1 N–H and O–H groups in total. The second-order valence-electron chi connectivity index (χ2n) is 6.30. The molecule has 2 aromatic carbocycles. The zero-order valence-electron chi connectivity index (χ0n) is 14.7. The number of amides is 1. The minimum atomic E-state index is -0.215. The standard InChI is InChI=1S/C21H19ClN2O3/c22-16-1-7-20-15(13-16)14-19(27-20)6-8-21(25)23-17-2-4-18(5-3-17)24-9-11-26-12-10-24/h1-8,13-14H,9-12H2,(H,23,25)/b8-6+. The van der Waals surface area contributed by atoms with Gasteiger partial charge in [-0.25, -0.2) is 0 Å². The SMILES string of the molecule is O=C(/C=C/c1cc2cc(Cl)ccc2o1)Nc1ccc(N2CCOCC2)cc1. The molecule has 1 fully saturated rings. The average molecular weight is 383 g/mol. The van der Waals surface area contributed by atoms with Gasteiger partial charge in [0.2, 0.25) is 5.91 Å². The zero-order chi connectivity index (χ0) is 18.6. The van der Waals surface area contributed by atoms with Crippen LogP contribution < -0.4 is 10.2 Å². The minimum absolute atomic E-state index is 0.215. The van der Waals surface area contributed by atoms with Gasteiger partial charge in [0, 0.05) is 40.9 Å². The van der Waals surface area contributed by atoms with E-state index in [0.717, 1.165) is 48.6 Å². The molecule has 1 aliphatic heterocycles. The number of nitrogens with one attached hydrogen (secondary N) is 1. The third-order valence-corrected chi connectivity index (χ3v) is 4.64. The first-order valence-electron chi connectivity index (χ1n) is 8.78. The van der Waals surface area contributed by atoms with Crippen LogP contribution in [0.4, 0.5) is 11.4 Å². The number of benzene rings is 2. The first-order valence-corrected chi connectivity index (χ1v) is 9.16. The maximum atomic E-state index is 12.2. The average Bonchev–Trinajstić information content (AvgIpc) is 3.10. The van der Waals surface area contributed by atoms with Gasteiger partial charge in [0.05, 0.1) is 13.2 Å². The Morgan fingerprint density at radius 2 is 1.85 bits per heavy atom. The van der Waals surface area contributed by atoms with Crippen LogP contribution in [0, 0.1) is 0 Å². The monoisotopic (exact) mass is 382 g/mol. The van der Waals surface area contributed by atoms with Crippen molar-refractivity contribution < 1.29 is 13.9 Å². The number of fused-ring (bicyclic) bond motifs is 1. The summed E-state index contributed by atoms with van der Waals surface area (Å²) in [7, 11) is 0. The van der Waals surface area contributed by atoms with Gasteiger partial charge in [-0.3, -0.25) is 4.79 Å². The van der Waals surface area contributed by atoms with Crippen molar-refractivity contribution in [2.24, 2.45) is 0 Å². The van der Waals surface area contributed by atoms with Crippen LogP contribution in [-0.2, 0) is 9.53 Å². The second-order valence-corrected chi connectivity index (χ2v) is 6.74. The number of morpholine rings is 1. The number of halogens is 1. The molecule has 138 valence electrons. The van der Waals surface area contributed by atoms with E-state index in [1.165, 1.54) is 6.08 Å². The molecule has 1 aromatic heterocycles. The maximum Gasteiger partial charge on any atom is 0.248 e. The van der Waals surface area contributed by atoms with Gasteiger partial charge in [0.1, 0.15) is 11.3 Å². The van der Waals surface area contributed by atoms with Gasteiger partial charge >= 0.3 is 0 Å². The van der Waals surface area contributed by atoms with Gasteiger partial charge in [-0.1, -0.05) is 11.6 Å². The number of anilines is 2. The van der Waals surface area contributed by atoms with Crippen LogP contribution in [0.25, 0.3) is 17.0 Å². The summed E-state index contributed by atoms with van der Waals surface area (Å²) in [5.41, 5.74) is 2.61. The van der Waals surface area contributed by atoms with Crippen LogP contribution in [-0.4, -0.2) is 32.2 Å². The van der Waals surface area contributed by atoms with Gasteiger partial charge in [-0.2, -0.15) is 0 Å². The number of carbonyl (C=O) groups excluding carboxylic acids is 1. The van der Waals surface area contributed by atoms with Crippen LogP contribution >= 0.6 is 11.6 Å². The zero-order valence-corrected chi connectivity index (χ0v) is 15.4. The van der Waals surface area contributed by atoms with Crippen molar-refractivity contribution in [1.29, 1.82) is 0 Å². The van der Waals surface area contributed by atoms with Gasteiger partial charge in [-0.05, 0) is 54.6 Å². The molecule has 0 aliphatic carbocycles. The summed E-state index contributed by atoms with van der Waals surface area (Å²) in [5.74, 6) is 0.387. The quantitative estimate of drug-likeness (QED) is 0.671. The second kappa shape index (κ2) is 7.86. The summed E-state index contributed by atoms with van der Waals surface area (Å²) >= 11 is 5.97. The van der Waals surface area contributed by atoms with E-state index in [1.54, 1.807) is 12.1 Å². The van der Waals surface area contributed by atoms with E-state index in [4.69, 9.17) is 20.8 Å². The highest BCUT2D eigenvalue weighted by molar-refractivity contribution is 6.31. The topological polar surface area (TPSA) is 54.7 Å². The van der Waals surface area contributed by atoms with Crippen LogP contribution in [0.15, 0.2) is 59.0 Å². The number of hydrogen-bond donors (Lipinski definition) is 1. The predicted octanol–water partition coefficient (Wildman–Crippen LogP) is 4.57. The molecule has 1 aliphatic rings. The Bertz CT molecular complexity index is 973. The minimum Gasteiger partial charge on any atom is -0.457 e. The van der Waals surface area contributed by atoms with Crippen LogP contribution in [0.3, 0.4) is 0 Å². The first-order chi connectivity index (χ1) is 13.2. The molecule has 0 atom stereocenters. The molecule has 0 saturated carbocycles. The molecule has 1 saturated heterocycles. The molecule has 0 spiro atoms. The number of hydrogen-bond acceptors (Lipinski definition) is 4. The molecule has 0 radical (unpaired) electrons. The summed E-state index contributed by atoms with van der Waals surface area (Å²) in [6.45, 7) is 3.27. The largest absolute Gasteiger partial charge is 0.457 e. The van der Waals surface area contributed by atoms with Crippen LogP contribution in [0.5, 0.6) is 0 Å². The van der Waals surface area contributed by atoms with Crippen molar-refractivity contribution in [1.82, 2.24) is 0 Å². The predicted molar refractivity (Wildman–Crippen MR) is 108 cm³/mol. The lowest BCUT2D eigenvalue weighted by atomic mass is 10.2. The van der Waals surface area contributed by atoms with E-state index in [9.17, 15) is 4.79 Å². The van der Waals surface area contributed by atoms with Crippen molar-refractivity contribution in [2.45, 2.75) is 0 Å². The Morgan fingerprint density at radius 1 is 1.07 bits per heavy atom. The molecular formula is C21H19ClN2O3. The van der Waals surface area contributed by atoms with Gasteiger partial charge in [-0.15, -0.1) is 0 Å². The summed E-state index contributed by atoms with van der Waals surface area (Å²) in [4.78, 5) is 14.4. The number of carbonyl (C=O) groups is 1. The Morgan fingerprint density at radius 3 is 2.63 bits per heavy atom. The van der Waals surface area contributed by atoms with E-state index in [2.05, 4.69) is 10.2 Å². The van der Waals surface area contributed by atoms with Crippen molar-refractivity contribution in [3.63, 3.8) is 0 Å². The van der Waals surface area contributed by atoms with Crippen molar-refractivity contribution in [2.75, 3.05) is 36.5 Å². The Hall–Kier alpha value is -2.76. The van der Waals surface area contributed by atoms with E-state index in [0.29, 0.717) is 10.8 Å². The molecule has 5 nitrogen and oxygen atoms in total. The summed E-state index contributed by atoms with van der Waals surface area (Å²) < 4.78 is 11.0. The summed E-state index contributed by atoms with van der Waals surface area (Å²) in [6.07, 6.45) is 3.10. The Labute approximate surface area is 162 Å². The smallest absolute Gasteiger partial charge is 0.248 e. The van der Waals surface area contributed by atoms with E-state index in [-0.39, 0.29) is 5.91 Å². The van der Waals surface area contributed by atoms with Crippen molar-refractivity contribution >= 4 is 45.9 Å². The molecule has 3 aromatic rings. The van der Waals surface area contributed by atoms with E-state index < -0.39 is 0 Å². The molecule has 27 heavy (non-hydrogen) atoms. The van der Waals surface area contributed by atoms with Crippen LogP contribution in [0.1, 0.15) is 5.76 Å². The fraction of sp³-hybridized carbons (Fsp3) is 0.190. The molecule has 2 heterocycles. The Balaban J connectivity index is 1.38. The molecule has 0 unspecified atom stereocenters. The highest BCUT2D eigenvalue weighted by Crippen LogP contribution is 2.24. The normalized spacial score (nSPS) is 14.8. The lowest BCUT2D eigenvalue weighted by molar-refractivity contribution is -0.111. The first kappa shape index (κ1) is 17.6. The fourth-order valence-corrected chi connectivity index (χ4v) is 3.22. The van der Waals surface area contributed by atoms with Crippen LogP contribution in [0.2, 0.25) is 5.02 Å². The highest BCUT2D eigenvalue weighted by atomic mass is 35.5. The fourth-order valence-electron chi connectivity index (χ4n) is 3.04. The number of ether oxygens (including phenoxy) is 1. The molecule has 1 amide bonds. The third kappa shape index (κ3) is 4.32. The third-order valence-electron chi connectivity index (χ3n) is 4.41. The number of rotatable bonds is 4. The number of nitrogens with zero attached hydrogens (tertiary/aromatic N) is 1. The van der Waals surface area contributed by atoms with Gasteiger partial charge < -0.3 is 19.4 Å². The van der Waals surface area contributed by atoms with Crippen molar-refractivity contribution in [3.05, 3.63) is 65.4 Å². The molecule has 6 heteroatoms. The van der Waals surface area contributed by atoms with Crippen molar-refractivity contribution in [3.8, 4) is 0 Å². The van der Waals surface area contributed by atoms with Gasteiger partial charge in [0.15, 0.2) is 0 Å². The maximum absolute atomic E-state index is 12.2.